The van der Waals surface area contributed by atoms with E-state index in [0.717, 1.165) is 38.1 Å². The molecule has 0 saturated heterocycles. The van der Waals surface area contributed by atoms with E-state index in [1.54, 1.807) is 0 Å². The lowest BCUT2D eigenvalue weighted by Crippen LogP contribution is -2.07. The highest BCUT2D eigenvalue weighted by Crippen LogP contribution is 2.27. The number of rotatable bonds is 6. The molecule has 0 nitrogen and oxygen atoms in total. The van der Waals surface area contributed by atoms with E-state index in [9.17, 15) is 0 Å². The van der Waals surface area contributed by atoms with Gasteiger partial charge < -0.3 is 0 Å². The molecule has 70 valence electrons. The number of unbranched alkanes of at least 4 members (excludes halogenated alkanes) is 4. The van der Waals surface area contributed by atoms with Gasteiger partial charge in [0.25, 0.3) is 0 Å². The van der Waals surface area contributed by atoms with Crippen LogP contribution in [-0.4, -0.2) is 6.00 Å². The third-order valence-electron chi connectivity index (χ3n) is 1.53. The van der Waals surface area contributed by atoms with E-state index in [1.807, 2.05) is 0 Å². The van der Waals surface area contributed by atoms with Crippen molar-refractivity contribution in [2.24, 2.45) is 0 Å². The summed E-state index contributed by atoms with van der Waals surface area (Å²) < 4.78 is 0. The molecule has 0 rings (SSSR count). The van der Waals surface area contributed by atoms with Gasteiger partial charge in [-0.25, -0.2) is 0 Å². The number of terminal acetylenes is 1. The van der Waals surface area contributed by atoms with Gasteiger partial charge in [0.05, 0.1) is 0 Å². The molecule has 4 heteroatoms. The molecule has 0 aliphatic rings. The zero-order chi connectivity index (χ0) is 9.45. The fraction of sp³-hybridized carbons (Fsp3) is 0.750. The Kier molecular flexibility index (Phi) is 7.47. The first-order chi connectivity index (χ1) is 5.56. The fourth-order valence-electron chi connectivity index (χ4n) is 0.906. The molecule has 0 aromatic rings. The predicted molar refractivity (Wildman–Crippen MR) is 60.0 cm³/mol. The average Bonchev–Trinajstić information content (AvgIpc) is 1.94. The van der Waals surface area contributed by atoms with E-state index < -0.39 is 6.00 Å². The second-order valence-corrected chi connectivity index (χ2v) is 12.0. The molecule has 0 bridgehead atoms. The highest BCUT2D eigenvalue weighted by Gasteiger charge is 2.23. The van der Waals surface area contributed by atoms with Gasteiger partial charge in [-0.05, 0) is 12.5 Å². The molecule has 0 atom stereocenters. The van der Waals surface area contributed by atoms with Crippen molar-refractivity contribution < 1.29 is 0 Å². The Bertz CT molecular complexity index is 145. The van der Waals surface area contributed by atoms with Gasteiger partial charge in [0.15, 0.2) is 0 Å². The van der Waals surface area contributed by atoms with Crippen LogP contribution in [-0.2, 0) is 0 Å². The zero-order valence-electron chi connectivity index (χ0n) is 6.95. The second-order valence-electron chi connectivity index (χ2n) is 2.73. The van der Waals surface area contributed by atoms with Crippen LogP contribution >= 0.6 is 33.2 Å². The van der Waals surface area contributed by atoms with Crippen LogP contribution in [0.4, 0.5) is 0 Å². The summed E-state index contributed by atoms with van der Waals surface area (Å²) in [7, 11) is 0. The van der Waals surface area contributed by atoms with Crippen molar-refractivity contribution in [3.8, 4) is 12.3 Å². The molecule has 12 heavy (non-hydrogen) atoms. The summed E-state index contributed by atoms with van der Waals surface area (Å²) in [6.45, 7) is 0. The summed E-state index contributed by atoms with van der Waals surface area (Å²) in [6.07, 6.45) is 10.4. The Hall–Kier alpha value is 0.647. The van der Waals surface area contributed by atoms with Gasteiger partial charge >= 0.3 is 6.00 Å². The molecule has 0 aliphatic carbocycles. The normalized spacial score (nSPS) is 11.2. The Morgan fingerprint density at radius 3 is 2.08 bits per heavy atom. The summed E-state index contributed by atoms with van der Waals surface area (Å²) >= 11 is 17.1. The molecular weight excluding hydrogens is 231 g/mol. The quantitative estimate of drug-likeness (QED) is 0.284. The molecule has 0 unspecified atom stereocenters. The Morgan fingerprint density at radius 1 is 1.00 bits per heavy atom. The van der Waals surface area contributed by atoms with Crippen molar-refractivity contribution >= 4 is 39.2 Å². The summed E-state index contributed by atoms with van der Waals surface area (Å²) in [5, 5.41) is 0. The van der Waals surface area contributed by atoms with E-state index >= 15 is 0 Å². The van der Waals surface area contributed by atoms with Crippen molar-refractivity contribution in [1.82, 2.24) is 0 Å². The highest BCUT2D eigenvalue weighted by molar-refractivity contribution is 7.64. The molecule has 0 radical (unpaired) electrons. The molecular formula is C8H13Cl3Si. The second kappa shape index (κ2) is 7.09. The van der Waals surface area contributed by atoms with Gasteiger partial charge in [-0.3, -0.25) is 0 Å². The average molecular weight is 244 g/mol. The fourth-order valence-corrected chi connectivity index (χ4v) is 2.76. The summed E-state index contributed by atoms with van der Waals surface area (Å²) in [5.74, 6) is 2.61. The van der Waals surface area contributed by atoms with E-state index in [1.165, 1.54) is 0 Å². The minimum absolute atomic E-state index is 0.772. The van der Waals surface area contributed by atoms with Gasteiger partial charge in [-0.1, -0.05) is 19.3 Å². The molecule has 0 aromatic carbocycles. The molecule has 0 N–H and O–H groups in total. The van der Waals surface area contributed by atoms with Crippen LogP contribution in [0.3, 0.4) is 0 Å². The maximum absolute atomic E-state index is 5.71. The molecule has 0 amide bonds. The van der Waals surface area contributed by atoms with Gasteiger partial charge in [0.2, 0.25) is 0 Å². The third-order valence-corrected chi connectivity index (χ3v) is 4.15. The maximum Gasteiger partial charge on any atom is 0.341 e. The number of hydrogen-bond acceptors (Lipinski definition) is 0. The van der Waals surface area contributed by atoms with Crippen LogP contribution in [0.25, 0.3) is 0 Å². The Morgan fingerprint density at radius 2 is 1.58 bits per heavy atom. The number of hydrogen-bond donors (Lipinski definition) is 0. The van der Waals surface area contributed by atoms with Crippen molar-refractivity contribution in [1.29, 1.82) is 0 Å². The third kappa shape index (κ3) is 10.6. The first-order valence-electron chi connectivity index (χ1n) is 4.06. The minimum atomic E-state index is -2.35. The lowest BCUT2D eigenvalue weighted by Gasteiger charge is -2.05. The first kappa shape index (κ1) is 12.6. The van der Waals surface area contributed by atoms with E-state index in [-0.39, 0.29) is 0 Å². The summed E-state index contributed by atoms with van der Waals surface area (Å²) in [6, 6.07) is -1.58. The smallest absolute Gasteiger partial charge is 0.126 e. The molecule has 0 aromatic heterocycles. The lowest BCUT2D eigenvalue weighted by molar-refractivity contribution is 0.678. The van der Waals surface area contributed by atoms with Crippen molar-refractivity contribution in [3.05, 3.63) is 0 Å². The Labute approximate surface area is 89.7 Å². The van der Waals surface area contributed by atoms with Gasteiger partial charge in [-0.15, -0.1) is 45.6 Å². The van der Waals surface area contributed by atoms with Crippen LogP contribution in [0.5, 0.6) is 0 Å². The van der Waals surface area contributed by atoms with Crippen LogP contribution in [0.1, 0.15) is 32.1 Å². The van der Waals surface area contributed by atoms with Crippen LogP contribution < -0.4 is 0 Å². The van der Waals surface area contributed by atoms with E-state index in [4.69, 9.17) is 39.7 Å². The number of halogens is 3. The van der Waals surface area contributed by atoms with Crippen LogP contribution in [0, 0.1) is 12.3 Å². The van der Waals surface area contributed by atoms with Crippen LogP contribution in [0.15, 0.2) is 0 Å². The Balaban J connectivity index is 3.07. The summed E-state index contributed by atoms with van der Waals surface area (Å²) in [5.41, 5.74) is 0. The zero-order valence-corrected chi connectivity index (χ0v) is 10.2. The van der Waals surface area contributed by atoms with E-state index in [0.29, 0.717) is 0 Å². The van der Waals surface area contributed by atoms with Crippen molar-refractivity contribution in [2.75, 3.05) is 0 Å². The molecule has 0 fully saturated rings. The van der Waals surface area contributed by atoms with Crippen molar-refractivity contribution in [3.63, 3.8) is 0 Å². The maximum atomic E-state index is 5.71. The van der Waals surface area contributed by atoms with Gasteiger partial charge in [0, 0.05) is 6.42 Å². The standard InChI is InChI=1S/C8H13Cl3Si/c1-2-3-4-5-6-7-8-12(9,10)11/h1H,3-8H2. The molecule has 0 heterocycles. The van der Waals surface area contributed by atoms with Crippen molar-refractivity contribution in [2.45, 2.75) is 38.1 Å². The molecule has 0 spiro atoms. The summed E-state index contributed by atoms with van der Waals surface area (Å²) in [4.78, 5) is 0. The predicted octanol–water partition coefficient (Wildman–Crippen LogP) is 4.23. The largest absolute Gasteiger partial charge is 0.341 e. The molecule has 0 saturated carbocycles. The monoisotopic (exact) mass is 242 g/mol. The highest BCUT2D eigenvalue weighted by atomic mass is 35.8. The lowest BCUT2D eigenvalue weighted by atomic mass is 10.2. The van der Waals surface area contributed by atoms with Crippen LogP contribution in [0.2, 0.25) is 6.04 Å². The SMILES string of the molecule is C#CCCCCCC[Si](Cl)(Cl)Cl. The minimum Gasteiger partial charge on any atom is -0.126 e. The molecule has 0 aliphatic heterocycles. The van der Waals surface area contributed by atoms with Gasteiger partial charge in [0.1, 0.15) is 0 Å². The van der Waals surface area contributed by atoms with E-state index in [2.05, 4.69) is 5.92 Å². The topological polar surface area (TPSA) is 0 Å². The van der Waals surface area contributed by atoms with Gasteiger partial charge in [-0.2, -0.15) is 0 Å². The first-order valence-corrected chi connectivity index (χ1v) is 9.31.